The second-order valence-corrected chi connectivity index (χ2v) is 2.87. The van der Waals surface area contributed by atoms with Crippen LogP contribution in [0.2, 0.25) is 0 Å². The molecule has 0 radical (unpaired) electrons. The predicted molar refractivity (Wildman–Crippen MR) is 46.9 cm³/mol. The first-order valence-corrected chi connectivity index (χ1v) is 4.32. The number of imidazole rings is 1. The molecule has 1 heterocycles. The molecule has 1 aromatic rings. The van der Waals surface area contributed by atoms with E-state index < -0.39 is 0 Å². The van der Waals surface area contributed by atoms with Gasteiger partial charge in [0.25, 0.3) is 5.82 Å². The van der Waals surface area contributed by atoms with Crippen molar-refractivity contribution in [1.82, 2.24) is 4.57 Å². The molecule has 3 heteroatoms. The normalized spacial score (nSPS) is 10.6. The van der Waals surface area contributed by atoms with E-state index in [1.54, 1.807) is 7.11 Å². The largest absolute Gasteiger partial charge is 0.381 e. The van der Waals surface area contributed by atoms with Crippen molar-refractivity contribution in [1.29, 1.82) is 0 Å². The molecule has 1 aromatic heterocycles. The second kappa shape index (κ2) is 4.26. The number of rotatable bonds is 4. The Morgan fingerprint density at radius 2 is 2.33 bits per heavy atom. The van der Waals surface area contributed by atoms with Gasteiger partial charge >= 0.3 is 0 Å². The number of aromatic nitrogens is 2. The van der Waals surface area contributed by atoms with Crippen molar-refractivity contribution >= 4 is 0 Å². The van der Waals surface area contributed by atoms with Crippen LogP contribution < -0.4 is 4.57 Å². The minimum absolute atomic E-state index is 0.779. The van der Waals surface area contributed by atoms with Gasteiger partial charge in [0.1, 0.15) is 18.9 Å². The molecule has 0 atom stereocenters. The fourth-order valence-electron chi connectivity index (χ4n) is 1.40. The summed E-state index contributed by atoms with van der Waals surface area (Å²) in [6.45, 7) is 3.89. The summed E-state index contributed by atoms with van der Waals surface area (Å²) in [5.74, 6) is 1.34. The quantitative estimate of drug-likeness (QED) is 0.601. The van der Waals surface area contributed by atoms with Crippen molar-refractivity contribution in [3.8, 4) is 0 Å². The third-order valence-corrected chi connectivity index (χ3v) is 2.06. The third kappa shape index (κ3) is 1.85. The van der Waals surface area contributed by atoms with E-state index in [2.05, 4.69) is 35.5 Å². The Bertz CT molecular complexity index is 243. The minimum atomic E-state index is 0.779. The zero-order valence-corrected chi connectivity index (χ0v) is 8.08. The molecule has 0 fully saturated rings. The zero-order valence-electron chi connectivity index (χ0n) is 8.08. The predicted octanol–water partition coefficient (Wildman–Crippen LogP) is 0.521. The van der Waals surface area contributed by atoms with Crippen molar-refractivity contribution in [2.24, 2.45) is 7.05 Å². The summed E-state index contributed by atoms with van der Waals surface area (Å²) in [5.41, 5.74) is 0. The molecule has 0 unspecified atom stereocenters. The number of hydrogen-bond donors (Lipinski definition) is 0. The molecule has 0 aromatic carbocycles. The standard InChI is InChI=1S/C9H17N2O/c1-4-9-10(2)5-6-11(9)7-8-12-3/h5-6H,4,7-8H2,1-3H3/q+1. The molecule has 1 rings (SSSR count). The van der Waals surface area contributed by atoms with Crippen LogP contribution in [0, 0.1) is 0 Å². The Morgan fingerprint density at radius 1 is 1.58 bits per heavy atom. The van der Waals surface area contributed by atoms with Crippen LogP contribution in [0.15, 0.2) is 12.4 Å². The molecule has 0 saturated heterocycles. The van der Waals surface area contributed by atoms with Crippen LogP contribution in [0.5, 0.6) is 0 Å². The smallest absolute Gasteiger partial charge is 0.255 e. The van der Waals surface area contributed by atoms with E-state index in [0.717, 1.165) is 19.6 Å². The minimum Gasteiger partial charge on any atom is -0.381 e. The molecular formula is C9H17N2O+. The Labute approximate surface area is 73.6 Å². The fourth-order valence-corrected chi connectivity index (χ4v) is 1.40. The van der Waals surface area contributed by atoms with Gasteiger partial charge in [-0.05, 0) is 0 Å². The van der Waals surface area contributed by atoms with E-state index in [0.29, 0.717) is 0 Å². The summed E-state index contributed by atoms with van der Waals surface area (Å²) in [6, 6.07) is 0. The van der Waals surface area contributed by atoms with Gasteiger partial charge in [0.15, 0.2) is 0 Å². The van der Waals surface area contributed by atoms with E-state index in [1.165, 1.54) is 5.82 Å². The van der Waals surface area contributed by atoms with E-state index in [1.807, 2.05) is 0 Å². The molecular weight excluding hydrogens is 152 g/mol. The van der Waals surface area contributed by atoms with Crippen molar-refractivity contribution in [2.75, 3.05) is 13.7 Å². The van der Waals surface area contributed by atoms with Crippen LogP contribution >= 0.6 is 0 Å². The number of hydrogen-bond acceptors (Lipinski definition) is 1. The number of ether oxygens (including phenoxy) is 1. The van der Waals surface area contributed by atoms with Gasteiger partial charge in [-0.3, -0.25) is 0 Å². The van der Waals surface area contributed by atoms with Gasteiger partial charge in [-0.15, -0.1) is 0 Å². The highest BCUT2D eigenvalue weighted by Gasteiger charge is 2.10. The highest BCUT2D eigenvalue weighted by atomic mass is 16.5. The number of aryl methyl sites for hydroxylation is 1. The van der Waals surface area contributed by atoms with Crippen LogP contribution in [0.25, 0.3) is 0 Å². The van der Waals surface area contributed by atoms with Crippen molar-refractivity contribution < 1.29 is 9.30 Å². The van der Waals surface area contributed by atoms with E-state index in [-0.39, 0.29) is 0 Å². The Kier molecular flexibility index (Phi) is 3.29. The summed E-state index contributed by atoms with van der Waals surface area (Å²) in [5, 5.41) is 0. The number of nitrogens with zero attached hydrogens (tertiary/aromatic N) is 2. The summed E-state index contributed by atoms with van der Waals surface area (Å²) >= 11 is 0. The van der Waals surface area contributed by atoms with Gasteiger partial charge in [-0.2, -0.15) is 0 Å². The molecule has 0 N–H and O–H groups in total. The molecule has 0 spiro atoms. The first-order valence-electron chi connectivity index (χ1n) is 4.32. The lowest BCUT2D eigenvalue weighted by Crippen LogP contribution is -2.31. The lowest BCUT2D eigenvalue weighted by molar-refractivity contribution is -0.678. The first kappa shape index (κ1) is 9.26. The SMILES string of the molecule is CCc1n(CCOC)cc[n+]1C. The topological polar surface area (TPSA) is 18.0 Å². The molecule has 0 amide bonds. The van der Waals surface area contributed by atoms with Gasteiger partial charge in [-0.1, -0.05) is 6.92 Å². The van der Waals surface area contributed by atoms with Gasteiger partial charge in [0.05, 0.1) is 13.7 Å². The zero-order chi connectivity index (χ0) is 8.97. The lowest BCUT2D eigenvalue weighted by atomic mass is 10.4. The molecule has 68 valence electrons. The first-order chi connectivity index (χ1) is 5.79. The second-order valence-electron chi connectivity index (χ2n) is 2.87. The maximum absolute atomic E-state index is 5.02. The van der Waals surface area contributed by atoms with Crippen LogP contribution in [0.3, 0.4) is 0 Å². The van der Waals surface area contributed by atoms with Crippen LogP contribution in [0.4, 0.5) is 0 Å². The molecule has 3 nitrogen and oxygen atoms in total. The summed E-state index contributed by atoms with van der Waals surface area (Å²) in [7, 11) is 3.80. The molecule has 0 saturated carbocycles. The van der Waals surface area contributed by atoms with Gasteiger partial charge < -0.3 is 4.74 Å². The van der Waals surface area contributed by atoms with Gasteiger partial charge in [-0.25, -0.2) is 9.13 Å². The molecule has 0 aliphatic carbocycles. The summed E-state index contributed by atoms with van der Waals surface area (Å²) in [4.78, 5) is 0. The van der Waals surface area contributed by atoms with E-state index in [4.69, 9.17) is 4.74 Å². The molecule has 0 bridgehead atoms. The molecule has 12 heavy (non-hydrogen) atoms. The average molecular weight is 169 g/mol. The Balaban J connectivity index is 2.70. The Morgan fingerprint density at radius 3 is 2.92 bits per heavy atom. The van der Waals surface area contributed by atoms with Crippen LogP contribution in [-0.4, -0.2) is 18.3 Å². The molecule has 0 aliphatic heterocycles. The molecule has 0 aliphatic rings. The maximum Gasteiger partial charge on any atom is 0.255 e. The van der Waals surface area contributed by atoms with Crippen molar-refractivity contribution in [3.05, 3.63) is 18.2 Å². The van der Waals surface area contributed by atoms with Gasteiger partial charge in [0, 0.05) is 13.5 Å². The van der Waals surface area contributed by atoms with E-state index >= 15 is 0 Å². The van der Waals surface area contributed by atoms with E-state index in [9.17, 15) is 0 Å². The van der Waals surface area contributed by atoms with Crippen LogP contribution in [0.1, 0.15) is 12.7 Å². The van der Waals surface area contributed by atoms with Gasteiger partial charge in [0.2, 0.25) is 0 Å². The maximum atomic E-state index is 5.02. The average Bonchev–Trinajstić information content (AvgIpc) is 2.43. The third-order valence-electron chi connectivity index (χ3n) is 2.06. The van der Waals surface area contributed by atoms with Crippen molar-refractivity contribution in [3.63, 3.8) is 0 Å². The summed E-state index contributed by atoms with van der Waals surface area (Å²) in [6.07, 6.45) is 5.24. The van der Waals surface area contributed by atoms with Crippen molar-refractivity contribution in [2.45, 2.75) is 19.9 Å². The Hall–Kier alpha value is -0.830. The number of methoxy groups -OCH3 is 1. The summed E-state index contributed by atoms with van der Waals surface area (Å²) < 4.78 is 9.40. The lowest BCUT2D eigenvalue weighted by Gasteiger charge is -1.99. The highest BCUT2D eigenvalue weighted by molar-refractivity contribution is 4.82. The monoisotopic (exact) mass is 169 g/mol. The fraction of sp³-hybridized carbons (Fsp3) is 0.667. The highest BCUT2D eigenvalue weighted by Crippen LogP contribution is 1.95. The van der Waals surface area contributed by atoms with Crippen LogP contribution in [-0.2, 0) is 24.8 Å².